The van der Waals surface area contributed by atoms with Gasteiger partial charge in [-0.1, -0.05) is 42.5 Å². The molecule has 1 unspecified atom stereocenters. The average molecular weight is 489 g/mol. The second-order valence-electron chi connectivity index (χ2n) is 7.61. The van der Waals surface area contributed by atoms with Crippen LogP contribution in [0.2, 0.25) is 0 Å². The lowest BCUT2D eigenvalue weighted by atomic mass is 10.1. The molecule has 1 amide bonds. The van der Waals surface area contributed by atoms with Gasteiger partial charge < -0.3 is 29.1 Å². The first-order valence-electron chi connectivity index (χ1n) is 11.1. The first-order valence-corrected chi connectivity index (χ1v) is 11.1. The summed E-state index contributed by atoms with van der Waals surface area (Å²) in [5, 5.41) is 12.1. The molecule has 4 aromatic rings. The standard InChI is InChI=1S/C27H23NO8/c1-2-33-20-10-6-7-11-21(20)36-23-15-35-22-14-18(12-13-19(22)26(23)30)34-16-24(29)28-25(27(31)32)17-8-4-3-5-9-17/h3-15,25H,2,16H2,1H3,(H,28,29)(H,31,32). The van der Waals surface area contributed by atoms with Crippen LogP contribution in [0.25, 0.3) is 11.0 Å². The smallest absolute Gasteiger partial charge is 0.330 e. The van der Waals surface area contributed by atoms with Crippen LogP contribution in [0, 0.1) is 0 Å². The number of nitrogens with one attached hydrogen (secondary N) is 1. The van der Waals surface area contributed by atoms with Crippen LogP contribution in [0.3, 0.4) is 0 Å². The van der Waals surface area contributed by atoms with Crippen molar-refractivity contribution in [3.8, 4) is 23.0 Å². The maximum Gasteiger partial charge on any atom is 0.330 e. The zero-order chi connectivity index (χ0) is 25.5. The third-order valence-electron chi connectivity index (χ3n) is 5.14. The van der Waals surface area contributed by atoms with Crippen molar-refractivity contribution in [2.45, 2.75) is 13.0 Å². The number of amides is 1. The van der Waals surface area contributed by atoms with Crippen LogP contribution in [-0.4, -0.2) is 30.2 Å². The number of carbonyl (C=O) groups excluding carboxylic acids is 1. The predicted octanol–water partition coefficient (Wildman–Crippen LogP) is 4.30. The Bertz CT molecular complexity index is 1430. The summed E-state index contributed by atoms with van der Waals surface area (Å²) in [5.41, 5.74) is 0.280. The van der Waals surface area contributed by atoms with E-state index >= 15 is 0 Å². The number of ether oxygens (including phenoxy) is 3. The van der Waals surface area contributed by atoms with Crippen molar-refractivity contribution in [1.29, 1.82) is 0 Å². The summed E-state index contributed by atoms with van der Waals surface area (Å²) in [5.74, 6) is -0.675. The zero-order valence-corrected chi connectivity index (χ0v) is 19.3. The molecule has 36 heavy (non-hydrogen) atoms. The van der Waals surface area contributed by atoms with Gasteiger partial charge in [0.1, 0.15) is 17.6 Å². The molecule has 9 heteroatoms. The van der Waals surface area contributed by atoms with Crippen LogP contribution in [0.5, 0.6) is 23.0 Å². The van der Waals surface area contributed by atoms with Gasteiger partial charge in [-0.25, -0.2) is 4.79 Å². The lowest BCUT2D eigenvalue weighted by molar-refractivity contribution is -0.142. The fourth-order valence-electron chi connectivity index (χ4n) is 3.46. The molecule has 0 bridgehead atoms. The molecule has 0 radical (unpaired) electrons. The van der Waals surface area contributed by atoms with Crippen molar-refractivity contribution in [3.63, 3.8) is 0 Å². The van der Waals surface area contributed by atoms with Crippen molar-refractivity contribution in [1.82, 2.24) is 5.32 Å². The summed E-state index contributed by atoms with van der Waals surface area (Å²) in [4.78, 5) is 36.8. The van der Waals surface area contributed by atoms with Crippen molar-refractivity contribution < 1.29 is 33.3 Å². The number of hydrogen-bond donors (Lipinski definition) is 2. The average Bonchev–Trinajstić information content (AvgIpc) is 2.89. The molecule has 9 nitrogen and oxygen atoms in total. The molecule has 2 N–H and O–H groups in total. The Morgan fingerprint density at radius 1 is 0.944 bits per heavy atom. The summed E-state index contributed by atoms with van der Waals surface area (Å²) in [6.45, 7) is 1.86. The Morgan fingerprint density at radius 3 is 2.39 bits per heavy atom. The van der Waals surface area contributed by atoms with Gasteiger partial charge in [0, 0.05) is 6.07 Å². The molecule has 0 aliphatic rings. The van der Waals surface area contributed by atoms with Gasteiger partial charge in [-0.15, -0.1) is 0 Å². The maximum absolute atomic E-state index is 12.9. The number of para-hydroxylation sites is 2. The molecule has 0 fully saturated rings. The van der Waals surface area contributed by atoms with E-state index in [0.717, 1.165) is 0 Å². The van der Waals surface area contributed by atoms with Crippen LogP contribution in [0.15, 0.2) is 88.3 Å². The predicted molar refractivity (Wildman–Crippen MR) is 131 cm³/mol. The normalized spacial score (nSPS) is 11.5. The fourth-order valence-corrected chi connectivity index (χ4v) is 3.46. The van der Waals surface area contributed by atoms with Gasteiger partial charge in [-0.05, 0) is 36.8 Å². The minimum Gasteiger partial charge on any atom is -0.490 e. The van der Waals surface area contributed by atoms with Gasteiger partial charge >= 0.3 is 5.97 Å². The van der Waals surface area contributed by atoms with E-state index in [1.165, 1.54) is 24.5 Å². The van der Waals surface area contributed by atoms with Gasteiger partial charge in [-0.2, -0.15) is 0 Å². The quantitative estimate of drug-likeness (QED) is 0.338. The van der Waals surface area contributed by atoms with Gasteiger partial charge in [0.25, 0.3) is 5.91 Å². The molecule has 0 saturated carbocycles. The van der Waals surface area contributed by atoms with Crippen LogP contribution in [0.1, 0.15) is 18.5 Å². The Balaban J connectivity index is 1.45. The Labute approximate surface area is 205 Å². The molecule has 0 spiro atoms. The maximum atomic E-state index is 12.9. The van der Waals surface area contributed by atoms with Crippen LogP contribution >= 0.6 is 0 Å². The summed E-state index contributed by atoms with van der Waals surface area (Å²) in [6, 6.07) is 18.6. The zero-order valence-electron chi connectivity index (χ0n) is 19.3. The number of carboxylic acid groups (broad SMARTS) is 1. The second kappa shape index (κ2) is 11.1. The Hall–Kier alpha value is -4.79. The van der Waals surface area contributed by atoms with E-state index in [-0.39, 0.29) is 27.9 Å². The van der Waals surface area contributed by atoms with Gasteiger partial charge in [-0.3, -0.25) is 9.59 Å². The van der Waals surface area contributed by atoms with Crippen molar-refractivity contribution in [3.05, 3.63) is 94.8 Å². The molecular formula is C27H23NO8. The minimum absolute atomic E-state index is 0.0108. The van der Waals surface area contributed by atoms with E-state index < -0.39 is 24.5 Å². The highest BCUT2D eigenvalue weighted by atomic mass is 16.5. The summed E-state index contributed by atoms with van der Waals surface area (Å²) in [7, 11) is 0. The monoisotopic (exact) mass is 489 g/mol. The highest BCUT2D eigenvalue weighted by Crippen LogP contribution is 2.31. The minimum atomic E-state index is -1.21. The third-order valence-corrected chi connectivity index (χ3v) is 5.14. The summed E-state index contributed by atoms with van der Waals surface area (Å²) in [6.07, 6.45) is 1.20. The number of carbonyl (C=O) groups is 2. The SMILES string of the molecule is CCOc1ccccc1Oc1coc2cc(OCC(=O)NC(C(=O)O)c3ccccc3)ccc2c1=O. The number of rotatable bonds is 10. The van der Waals surface area contributed by atoms with Crippen LogP contribution < -0.4 is 25.0 Å². The number of benzene rings is 3. The first-order chi connectivity index (χ1) is 17.5. The number of hydrogen-bond acceptors (Lipinski definition) is 7. The lowest BCUT2D eigenvalue weighted by Crippen LogP contribution is -2.36. The van der Waals surface area contributed by atoms with Crippen molar-refractivity contribution in [2.24, 2.45) is 0 Å². The van der Waals surface area contributed by atoms with Crippen LogP contribution in [-0.2, 0) is 9.59 Å². The number of carboxylic acids is 1. The summed E-state index contributed by atoms with van der Waals surface area (Å²) < 4.78 is 22.3. The number of fused-ring (bicyclic) bond motifs is 1. The molecular weight excluding hydrogens is 466 g/mol. The largest absolute Gasteiger partial charge is 0.490 e. The van der Waals surface area contributed by atoms with E-state index in [4.69, 9.17) is 18.6 Å². The van der Waals surface area contributed by atoms with Crippen LogP contribution in [0.4, 0.5) is 0 Å². The molecule has 184 valence electrons. The Morgan fingerprint density at radius 2 is 1.67 bits per heavy atom. The molecule has 4 rings (SSSR count). The molecule has 3 aromatic carbocycles. The van der Waals surface area contributed by atoms with E-state index in [2.05, 4.69) is 5.32 Å². The van der Waals surface area contributed by atoms with Crippen molar-refractivity contribution in [2.75, 3.05) is 13.2 Å². The summed E-state index contributed by atoms with van der Waals surface area (Å²) >= 11 is 0. The molecule has 0 saturated heterocycles. The van der Waals surface area contributed by atoms with E-state index in [1.54, 1.807) is 54.6 Å². The molecule has 1 atom stereocenters. The fraction of sp³-hybridized carbons (Fsp3) is 0.148. The van der Waals surface area contributed by atoms with Gasteiger partial charge in [0.05, 0.1) is 12.0 Å². The number of aliphatic carboxylic acids is 1. The topological polar surface area (TPSA) is 124 Å². The highest BCUT2D eigenvalue weighted by Gasteiger charge is 2.22. The van der Waals surface area contributed by atoms with Gasteiger partial charge in [0.2, 0.25) is 11.2 Å². The second-order valence-corrected chi connectivity index (χ2v) is 7.61. The molecule has 1 heterocycles. The Kier molecular flexibility index (Phi) is 7.50. The molecule has 1 aromatic heterocycles. The molecule has 0 aliphatic heterocycles. The van der Waals surface area contributed by atoms with E-state index in [1.807, 2.05) is 6.92 Å². The first kappa shape index (κ1) is 24.3. The lowest BCUT2D eigenvalue weighted by Gasteiger charge is -2.15. The highest BCUT2D eigenvalue weighted by molar-refractivity contribution is 5.85. The van der Waals surface area contributed by atoms with E-state index in [0.29, 0.717) is 23.7 Å². The molecule has 0 aliphatic carbocycles. The van der Waals surface area contributed by atoms with E-state index in [9.17, 15) is 19.5 Å². The van der Waals surface area contributed by atoms with Gasteiger partial charge in [0.15, 0.2) is 24.1 Å². The van der Waals surface area contributed by atoms with Crippen molar-refractivity contribution >= 4 is 22.8 Å². The third kappa shape index (κ3) is 5.64.